The van der Waals surface area contributed by atoms with Gasteiger partial charge < -0.3 is 18.4 Å². The summed E-state index contributed by atoms with van der Waals surface area (Å²) in [4.78, 5) is 11.4. The molecule has 23 heavy (non-hydrogen) atoms. The van der Waals surface area contributed by atoms with Crippen molar-refractivity contribution in [1.29, 1.82) is 0 Å². The van der Waals surface area contributed by atoms with Gasteiger partial charge in [-0.3, -0.25) is 4.79 Å². The van der Waals surface area contributed by atoms with Gasteiger partial charge in [-0.2, -0.15) is 0 Å². The van der Waals surface area contributed by atoms with E-state index in [0.717, 1.165) is 0 Å². The number of nitrogens with zero attached hydrogens (tertiary/aromatic N) is 1. The van der Waals surface area contributed by atoms with E-state index in [2.05, 4.69) is 5.16 Å². The van der Waals surface area contributed by atoms with Gasteiger partial charge >= 0.3 is 0 Å². The van der Waals surface area contributed by atoms with Gasteiger partial charge in [-0.05, 0) is 37.3 Å². The molecule has 0 aliphatic heterocycles. The smallest absolute Gasteiger partial charge is 0.202 e. The summed E-state index contributed by atoms with van der Waals surface area (Å²) in [5.74, 6) is 2.13. The highest BCUT2D eigenvalue weighted by Crippen LogP contribution is 2.29. The van der Waals surface area contributed by atoms with E-state index in [0.29, 0.717) is 34.3 Å². The van der Waals surface area contributed by atoms with Crippen LogP contribution < -0.4 is 9.47 Å². The van der Waals surface area contributed by atoms with E-state index in [1.165, 1.54) is 14.0 Å². The van der Waals surface area contributed by atoms with E-state index in [-0.39, 0.29) is 12.4 Å². The minimum atomic E-state index is -0.0329. The van der Waals surface area contributed by atoms with Gasteiger partial charge in [-0.1, -0.05) is 5.16 Å². The van der Waals surface area contributed by atoms with Crippen LogP contribution in [0.3, 0.4) is 0 Å². The van der Waals surface area contributed by atoms with Crippen molar-refractivity contribution in [3.8, 4) is 23.0 Å². The lowest BCUT2D eigenvalue weighted by atomic mass is 10.1. The van der Waals surface area contributed by atoms with E-state index >= 15 is 0 Å². The van der Waals surface area contributed by atoms with Gasteiger partial charge in [0.25, 0.3) is 0 Å². The Bertz CT molecular complexity index is 804. The Hall–Kier alpha value is -3.02. The molecule has 118 valence electrons. The summed E-state index contributed by atoms with van der Waals surface area (Å²) in [6, 6.07) is 10.3. The topological polar surface area (TPSA) is 74.7 Å². The summed E-state index contributed by atoms with van der Waals surface area (Å²) in [5, 5.41) is 3.93. The van der Waals surface area contributed by atoms with Crippen molar-refractivity contribution in [2.75, 3.05) is 7.11 Å². The summed E-state index contributed by atoms with van der Waals surface area (Å²) in [7, 11) is 1.53. The number of furan rings is 1. The minimum absolute atomic E-state index is 0.0329. The first-order valence-electron chi connectivity index (χ1n) is 6.98. The van der Waals surface area contributed by atoms with Crippen LogP contribution in [-0.4, -0.2) is 18.0 Å². The Labute approximate surface area is 132 Å². The molecule has 0 aliphatic rings. The molecule has 0 radical (unpaired) electrons. The summed E-state index contributed by atoms with van der Waals surface area (Å²) in [6.07, 6.45) is 1.56. The number of ether oxygens (including phenoxy) is 2. The molecule has 3 rings (SSSR count). The fourth-order valence-corrected chi connectivity index (χ4v) is 2.07. The lowest BCUT2D eigenvalue weighted by Crippen LogP contribution is -2.00. The maximum atomic E-state index is 11.4. The van der Waals surface area contributed by atoms with Crippen LogP contribution in [0.5, 0.6) is 11.5 Å². The van der Waals surface area contributed by atoms with Crippen molar-refractivity contribution < 1.29 is 23.2 Å². The Morgan fingerprint density at radius 1 is 1.17 bits per heavy atom. The number of rotatable bonds is 6. The molecule has 2 heterocycles. The van der Waals surface area contributed by atoms with Crippen LogP contribution in [0.1, 0.15) is 23.0 Å². The lowest BCUT2D eigenvalue weighted by Gasteiger charge is -2.10. The maximum absolute atomic E-state index is 11.4. The molecule has 1 aromatic carbocycles. The summed E-state index contributed by atoms with van der Waals surface area (Å²) >= 11 is 0. The molecule has 0 atom stereocenters. The largest absolute Gasteiger partial charge is 0.493 e. The molecule has 0 fully saturated rings. The van der Waals surface area contributed by atoms with Crippen molar-refractivity contribution in [2.24, 2.45) is 0 Å². The predicted molar refractivity (Wildman–Crippen MR) is 81.5 cm³/mol. The van der Waals surface area contributed by atoms with Gasteiger partial charge in [-0.25, -0.2) is 0 Å². The Morgan fingerprint density at radius 3 is 2.74 bits per heavy atom. The fraction of sp³-hybridized carbons (Fsp3) is 0.176. The third-order valence-electron chi connectivity index (χ3n) is 3.27. The number of Topliss-reactive ketones (excluding diaryl/α,β-unsaturated/α-hetero) is 1. The first-order valence-corrected chi connectivity index (χ1v) is 6.98. The zero-order valence-corrected chi connectivity index (χ0v) is 12.7. The molecule has 0 bridgehead atoms. The van der Waals surface area contributed by atoms with E-state index in [1.807, 2.05) is 0 Å². The highest BCUT2D eigenvalue weighted by atomic mass is 16.5. The van der Waals surface area contributed by atoms with Gasteiger partial charge in [-0.15, -0.1) is 0 Å². The SMILES string of the molecule is COc1cc(C(C)=O)ccc1OCc1cc(-c2ccco2)on1. The van der Waals surface area contributed by atoms with Crippen LogP contribution in [-0.2, 0) is 6.61 Å². The molecule has 3 aromatic rings. The molecule has 0 spiro atoms. The number of methoxy groups -OCH3 is 1. The average Bonchev–Trinajstić information content (AvgIpc) is 3.23. The molecule has 0 unspecified atom stereocenters. The van der Waals surface area contributed by atoms with Gasteiger partial charge in [0, 0.05) is 11.6 Å². The second kappa shape index (κ2) is 6.39. The van der Waals surface area contributed by atoms with Crippen molar-refractivity contribution in [2.45, 2.75) is 13.5 Å². The van der Waals surface area contributed by atoms with E-state index in [1.54, 1.807) is 42.7 Å². The first kappa shape index (κ1) is 14.9. The van der Waals surface area contributed by atoms with Gasteiger partial charge in [0.1, 0.15) is 12.3 Å². The average molecular weight is 313 g/mol. The van der Waals surface area contributed by atoms with Crippen LogP contribution in [0.2, 0.25) is 0 Å². The van der Waals surface area contributed by atoms with Crippen molar-refractivity contribution in [3.63, 3.8) is 0 Å². The number of hydrogen-bond donors (Lipinski definition) is 0. The number of carbonyl (C=O) groups excluding carboxylic acids is 1. The predicted octanol–water partition coefficient (Wildman–Crippen LogP) is 3.72. The molecule has 6 heteroatoms. The van der Waals surface area contributed by atoms with Crippen molar-refractivity contribution >= 4 is 5.78 Å². The monoisotopic (exact) mass is 313 g/mol. The molecule has 0 saturated carbocycles. The number of aromatic nitrogens is 1. The molecule has 0 aliphatic carbocycles. The number of carbonyl (C=O) groups is 1. The summed E-state index contributed by atoms with van der Waals surface area (Å²) in [5.41, 5.74) is 1.19. The highest BCUT2D eigenvalue weighted by Gasteiger charge is 2.12. The van der Waals surface area contributed by atoms with E-state index in [4.69, 9.17) is 18.4 Å². The summed E-state index contributed by atoms with van der Waals surface area (Å²) in [6.45, 7) is 1.71. The number of benzene rings is 1. The molecule has 0 amide bonds. The zero-order chi connectivity index (χ0) is 16.2. The fourth-order valence-electron chi connectivity index (χ4n) is 2.07. The molecular weight excluding hydrogens is 298 g/mol. The van der Waals surface area contributed by atoms with Crippen LogP contribution in [0.25, 0.3) is 11.5 Å². The Balaban J connectivity index is 1.72. The third-order valence-corrected chi connectivity index (χ3v) is 3.27. The van der Waals surface area contributed by atoms with Gasteiger partial charge in [0.2, 0.25) is 5.76 Å². The van der Waals surface area contributed by atoms with E-state index in [9.17, 15) is 4.79 Å². The van der Waals surface area contributed by atoms with Crippen molar-refractivity contribution in [1.82, 2.24) is 5.16 Å². The van der Waals surface area contributed by atoms with Gasteiger partial charge in [0.15, 0.2) is 23.0 Å². The molecule has 2 aromatic heterocycles. The minimum Gasteiger partial charge on any atom is -0.493 e. The van der Waals surface area contributed by atoms with Crippen LogP contribution in [0.4, 0.5) is 0 Å². The normalized spacial score (nSPS) is 10.5. The second-order valence-electron chi connectivity index (χ2n) is 4.87. The molecule has 6 nitrogen and oxygen atoms in total. The first-order chi connectivity index (χ1) is 11.2. The summed E-state index contributed by atoms with van der Waals surface area (Å²) < 4.78 is 21.4. The molecular formula is C17H15NO5. The van der Waals surface area contributed by atoms with Crippen molar-refractivity contribution in [3.05, 3.63) is 53.9 Å². The third kappa shape index (κ3) is 3.26. The zero-order valence-electron chi connectivity index (χ0n) is 12.7. The maximum Gasteiger partial charge on any atom is 0.202 e. The van der Waals surface area contributed by atoms with Crippen LogP contribution in [0.15, 0.2) is 51.6 Å². The Kier molecular flexibility index (Phi) is 4.14. The number of ketones is 1. The highest BCUT2D eigenvalue weighted by molar-refractivity contribution is 5.94. The van der Waals surface area contributed by atoms with Crippen LogP contribution >= 0.6 is 0 Å². The van der Waals surface area contributed by atoms with E-state index < -0.39 is 0 Å². The number of hydrogen-bond acceptors (Lipinski definition) is 6. The standard InChI is InChI=1S/C17H15NO5/c1-11(19)12-5-6-15(16(8-12)20-2)22-10-13-9-17(23-18-13)14-4-3-7-21-14/h3-9H,10H2,1-2H3. The lowest BCUT2D eigenvalue weighted by molar-refractivity contribution is 0.101. The van der Waals surface area contributed by atoms with Crippen LogP contribution in [0, 0.1) is 0 Å². The van der Waals surface area contributed by atoms with Gasteiger partial charge in [0.05, 0.1) is 13.4 Å². The molecule has 0 N–H and O–H groups in total. The quantitative estimate of drug-likeness (QED) is 0.646. The molecule has 0 saturated heterocycles. The Morgan fingerprint density at radius 2 is 2.04 bits per heavy atom. The second-order valence-corrected chi connectivity index (χ2v) is 4.87.